The van der Waals surface area contributed by atoms with Crippen molar-refractivity contribution in [3.05, 3.63) is 12.2 Å². The molecule has 1 aromatic heterocycles. The fourth-order valence-electron chi connectivity index (χ4n) is 1.86. The van der Waals surface area contributed by atoms with E-state index in [0.717, 1.165) is 12.2 Å². The lowest BCUT2D eigenvalue weighted by atomic mass is 10.0. The molecule has 15 heavy (non-hydrogen) atoms. The van der Waals surface area contributed by atoms with Crippen LogP contribution >= 0.6 is 0 Å². The van der Waals surface area contributed by atoms with Crippen LogP contribution in [0.1, 0.15) is 46.0 Å². The summed E-state index contributed by atoms with van der Waals surface area (Å²) >= 11 is 0. The Bertz CT molecular complexity index is 293. The molecule has 0 saturated carbocycles. The molecule has 0 saturated heterocycles. The Hall–Kier alpha value is -0.900. The van der Waals surface area contributed by atoms with Crippen molar-refractivity contribution in [1.29, 1.82) is 0 Å². The second-order valence-electron chi connectivity index (χ2n) is 4.45. The van der Waals surface area contributed by atoms with Crippen molar-refractivity contribution in [3.63, 3.8) is 0 Å². The Balaban J connectivity index is 2.62. The molecule has 4 nitrogen and oxygen atoms in total. The van der Waals surface area contributed by atoms with Crippen molar-refractivity contribution in [1.82, 2.24) is 20.1 Å². The zero-order chi connectivity index (χ0) is 11.4. The normalized spacial score (nSPS) is 15.6. The van der Waals surface area contributed by atoms with Gasteiger partial charge in [0.05, 0.1) is 6.04 Å². The first-order valence-electron chi connectivity index (χ1n) is 5.66. The highest BCUT2D eigenvalue weighted by Crippen LogP contribution is 2.13. The number of nitrogens with one attached hydrogen (secondary N) is 1. The number of hydrogen-bond donors (Lipinski definition) is 1. The van der Waals surface area contributed by atoms with Crippen LogP contribution in [0.25, 0.3) is 0 Å². The van der Waals surface area contributed by atoms with Crippen LogP contribution in [0.2, 0.25) is 0 Å². The van der Waals surface area contributed by atoms with Gasteiger partial charge in [-0.3, -0.25) is 0 Å². The Kier molecular flexibility index (Phi) is 4.27. The van der Waals surface area contributed by atoms with E-state index in [1.807, 2.05) is 11.6 Å². The van der Waals surface area contributed by atoms with Crippen LogP contribution in [0, 0.1) is 5.92 Å². The molecule has 1 heterocycles. The van der Waals surface area contributed by atoms with E-state index in [2.05, 4.69) is 43.2 Å². The lowest BCUT2D eigenvalue weighted by Gasteiger charge is -2.24. The van der Waals surface area contributed by atoms with Crippen LogP contribution in [-0.4, -0.2) is 20.8 Å². The third-order valence-electron chi connectivity index (χ3n) is 2.84. The first-order valence-corrected chi connectivity index (χ1v) is 5.66. The lowest BCUT2D eigenvalue weighted by molar-refractivity contribution is 0.346. The quantitative estimate of drug-likeness (QED) is 0.807. The van der Waals surface area contributed by atoms with Gasteiger partial charge >= 0.3 is 0 Å². The molecule has 1 N–H and O–H groups in total. The zero-order valence-corrected chi connectivity index (χ0v) is 10.4. The highest BCUT2D eigenvalue weighted by Gasteiger charge is 2.17. The van der Waals surface area contributed by atoms with E-state index in [9.17, 15) is 0 Å². The standard InChI is InChI=1S/C11H22N4/c1-6-10(8(2)3)13-9(4)11-14-12-7-15(11)5/h7-10,13H,6H2,1-5H3. The summed E-state index contributed by atoms with van der Waals surface area (Å²) < 4.78 is 1.96. The minimum absolute atomic E-state index is 0.254. The summed E-state index contributed by atoms with van der Waals surface area (Å²) in [6.45, 7) is 8.82. The van der Waals surface area contributed by atoms with Crippen molar-refractivity contribution in [2.75, 3.05) is 0 Å². The molecule has 0 radical (unpaired) electrons. The maximum Gasteiger partial charge on any atom is 0.149 e. The molecule has 0 aliphatic heterocycles. The summed E-state index contributed by atoms with van der Waals surface area (Å²) in [5.41, 5.74) is 0. The number of nitrogens with zero attached hydrogens (tertiary/aromatic N) is 3. The smallest absolute Gasteiger partial charge is 0.149 e. The number of hydrogen-bond acceptors (Lipinski definition) is 3. The molecular weight excluding hydrogens is 188 g/mol. The second kappa shape index (κ2) is 5.26. The predicted octanol–water partition coefficient (Wildman–Crippen LogP) is 1.90. The zero-order valence-electron chi connectivity index (χ0n) is 10.4. The minimum Gasteiger partial charge on any atom is -0.319 e. The molecule has 0 aromatic carbocycles. The van der Waals surface area contributed by atoms with E-state index >= 15 is 0 Å². The number of rotatable bonds is 5. The summed E-state index contributed by atoms with van der Waals surface area (Å²) in [6.07, 6.45) is 2.88. The predicted molar refractivity (Wildman–Crippen MR) is 61.5 cm³/mol. The number of aromatic nitrogens is 3. The maximum absolute atomic E-state index is 4.11. The third kappa shape index (κ3) is 3.02. The molecule has 0 fully saturated rings. The Morgan fingerprint density at radius 1 is 1.40 bits per heavy atom. The van der Waals surface area contributed by atoms with Crippen molar-refractivity contribution >= 4 is 0 Å². The van der Waals surface area contributed by atoms with Gasteiger partial charge in [-0.05, 0) is 19.3 Å². The summed E-state index contributed by atoms with van der Waals surface area (Å²) in [7, 11) is 1.98. The van der Waals surface area contributed by atoms with E-state index in [-0.39, 0.29) is 6.04 Å². The van der Waals surface area contributed by atoms with Crippen LogP contribution in [0.3, 0.4) is 0 Å². The largest absolute Gasteiger partial charge is 0.319 e. The van der Waals surface area contributed by atoms with E-state index in [1.54, 1.807) is 6.33 Å². The van der Waals surface area contributed by atoms with Gasteiger partial charge in [0.15, 0.2) is 0 Å². The Morgan fingerprint density at radius 2 is 2.07 bits per heavy atom. The van der Waals surface area contributed by atoms with Gasteiger partial charge in [0.1, 0.15) is 12.2 Å². The third-order valence-corrected chi connectivity index (χ3v) is 2.84. The molecule has 2 unspecified atom stereocenters. The van der Waals surface area contributed by atoms with Gasteiger partial charge in [-0.1, -0.05) is 20.8 Å². The topological polar surface area (TPSA) is 42.7 Å². The lowest BCUT2D eigenvalue weighted by Crippen LogP contribution is -2.36. The highest BCUT2D eigenvalue weighted by atomic mass is 15.3. The van der Waals surface area contributed by atoms with Crippen LogP contribution in [0.5, 0.6) is 0 Å². The molecule has 2 atom stereocenters. The van der Waals surface area contributed by atoms with Crippen LogP contribution in [0.15, 0.2) is 6.33 Å². The van der Waals surface area contributed by atoms with E-state index in [1.165, 1.54) is 0 Å². The molecule has 0 bridgehead atoms. The minimum atomic E-state index is 0.254. The molecule has 0 spiro atoms. The molecule has 0 amide bonds. The van der Waals surface area contributed by atoms with E-state index in [4.69, 9.17) is 0 Å². The van der Waals surface area contributed by atoms with Gasteiger partial charge < -0.3 is 9.88 Å². The summed E-state index contributed by atoms with van der Waals surface area (Å²) in [5.74, 6) is 1.64. The van der Waals surface area contributed by atoms with Crippen LogP contribution < -0.4 is 5.32 Å². The first-order chi connectivity index (χ1) is 7.06. The average Bonchev–Trinajstić information content (AvgIpc) is 2.60. The Morgan fingerprint density at radius 3 is 2.47 bits per heavy atom. The highest BCUT2D eigenvalue weighted by molar-refractivity contribution is 4.93. The average molecular weight is 210 g/mol. The van der Waals surface area contributed by atoms with Gasteiger partial charge in [-0.2, -0.15) is 0 Å². The Labute approximate surface area is 92.1 Å². The van der Waals surface area contributed by atoms with Crippen molar-refractivity contribution in [2.45, 2.75) is 46.2 Å². The SMILES string of the molecule is CCC(NC(C)c1nncn1C)C(C)C. The monoisotopic (exact) mass is 210 g/mol. The maximum atomic E-state index is 4.11. The molecule has 86 valence electrons. The van der Waals surface area contributed by atoms with Gasteiger partial charge in [-0.15, -0.1) is 10.2 Å². The molecule has 1 rings (SSSR count). The second-order valence-corrected chi connectivity index (χ2v) is 4.45. The van der Waals surface area contributed by atoms with Crippen LogP contribution in [0.4, 0.5) is 0 Å². The van der Waals surface area contributed by atoms with Crippen molar-refractivity contribution < 1.29 is 0 Å². The molecule has 4 heteroatoms. The first kappa shape index (κ1) is 12.2. The van der Waals surface area contributed by atoms with E-state index in [0.29, 0.717) is 12.0 Å². The summed E-state index contributed by atoms with van der Waals surface area (Å²) in [5, 5.41) is 11.6. The van der Waals surface area contributed by atoms with E-state index < -0.39 is 0 Å². The molecular formula is C11H22N4. The molecule has 1 aromatic rings. The number of aryl methyl sites for hydroxylation is 1. The van der Waals surface area contributed by atoms with Gasteiger partial charge in [0, 0.05) is 13.1 Å². The van der Waals surface area contributed by atoms with Gasteiger partial charge in [0.2, 0.25) is 0 Å². The fraction of sp³-hybridized carbons (Fsp3) is 0.818. The molecule has 0 aliphatic rings. The summed E-state index contributed by atoms with van der Waals surface area (Å²) in [6, 6.07) is 0.793. The van der Waals surface area contributed by atoms with Crippen LogP contribution in [-0.2, 0) is 7.05 Å². The van der Waals surface area contributed by atoms with Gasteiger partial charge in [-0.25, -0.2) is 0 Å². The molecule has 0 aliphatic carbocycles. The van der Waals surface area contributed by atoms with Crippen molar-refractivity contribution in [3.8, 4) is 0 Å². The summed E-state index contributed by atoms with van der Waals surface area (Å²) in [4.78, 5) is 0. The van der Waals surface area contributed by atoms with Gasteiger partial charge in [0.25, 0.3) is 0 Å². The fourth-order valence-corrected chi connectivity index (χ4v) is 1.86. The van der Waals surface area contributed by atoms with Crippen molar-refractivity contribution in [2.24, 2.45) is 13.0 Å².